The zero-order valence-electron chi connectivity index (χ0n) is 8.91. The van der Waals surface area contributed by atoms with E-state index >= 15 is 0 Å². The average Bonchev–Trinajstić information content (AvgIpc) is 2.33. The molecule has 0 unspecified atom stereocenters. The first-order valence-electron chi connectivity index (χ1n) is 4.95. The summed E-state index contributed by atoms with van der Waals surface area (Å²) >= 11 is 11.6. The van der Waals surface area contributed by atoms with Crippen molar-refractivity contribution in [3.05, 3.63) is 37.2 Å². The monoisotopic (exact) mass is 423 g/mol. The fourth-order valence-corrected chi connectivity index (χ4v) is 2.37. The summed E-state index contributed by atoms with van der Waals surface area (Å²) in [6.45, 7) is 2.04. The molecule has 0 fully saturated rings. The predicted octanol–water partition coefficient (Wildman–Crippen LogP) is 4.12. The third-order valence-corrected chi connectivity index (χ3v) is 4.37. The maximum absolute atomic E-state index is 6.08. The molecule has 0 spiro atoms. The summed E-state index contributed by atoms with van der Waals surface area (Å²) in [6, 6.07) is 3.77. The van der Waals surface area contributed by atoms with Gasteiger partial charge in [-0.05, 0) is 57.1 Å². The standard InChI is InChI=1S/C11H8BrClIN3/c1-2-7-9(14)10(13)17-11(16-7)8-4-3-6(12)5-15-8/h3-5H,2H2,1H3. The molecule has 17 heavy (non-hydrogen) atoms. The average molecular weight is 424 g/mol. The lowest BCUT2D eigenvalue weighted by Gasteiger charge is -2.06. The highest BCUT2D eigenvalue weighted by atomic mass is 127. The molecule has 0 saturated heterocycles. The second kappa shape index (κ2) is 5.58. The summed E-state index contributed by atoms with van der Waals surface area (Å²) in [6.07, 6.45) is 2.54. The number of halogens is 3. The zero-order chi connectivity index (χ0) is 12.4. The van der Waals surface area contributed by atoms with E-state index < -0.39 is 0 Å². The quantitative estimate of drug-likeness (QED) is 0.538. The van der Waals surface area contributed by atoms with Gasteiger partial charge in [0.25, 0.3) is 0 Å². The minimum absolute atomic E-state index is 0.483. The molecule has 0 atom stereocenters. The number of hydrogen-bond acceptors (Lipinski definition) is 3. The van der Waals surface area contributed by atoms with E-state index in [1.54, 1.807) is 6.20 Å². The van der Waals surface area contributed by atoms with Gasteiger partial charge >= 0.3 is 0 Å². The topological polar surface area (TPSA) is 38.7 Å². The maximum Gasteiger partial charge on any atom is 0.179 e. The Balaban J connectivity index is 2.52. The Kier molecular flexibility index (Phi) is 4.32. The van der Waals surface area contributed by atoms with Crippen molar-refractivity contribution in [2.75, 3.05) is 0 Å². The lowest BCUT2D eigenvalue weighted by atomic mass is 10.3. The van der Waals surface area contributed by atoms with Crippen LogP contribution in [-0.4, -0.2) is 15.0 Å². The van der Waals surface area contributed by atoms with Crippen molar-refractivity contribution in [2.45, 2.75) is 13.3 Å². The largest absolute Gasteiger partial charge is 0.252 e. The Labute approximate surface area is 126 Å². The van der Waals surface area contributed by atoms with E-state index in [-0.39, 0.29) is 0 Å². The summed E-state index contributed by atoms with van der Waals surface area (Å²) in [4.78, 5) is 13.0. The fourth-order valence-electron chi connectivity index (χ4n) is 1.32. The van der Waals surface area contributed by atoms with Crippen LogP contribution in [0.1, 0.15) is 12.6 Å². The molecule has 6 heteroatoms. The van der Waals surface area contributed by atoms with Gasteiger partial charge in [0.05, 0.1) is 9.26 Å². The van der Waals surface area contributed by atoms with Crippen molar-refractivity contribution in [2.24, 2.45) is 0 Å². The van der Waals surface area contributed by atoms with Crippen molar-refractivity contribution in [1.82, 2.24) is 15.0 Å². The van der Waals surface area contributed by atoms with E-state index in [2.05, 4.69) is 53.5 Å². The van der Waals surface area contributed by atoms with Crippen LogP contribution < -0.4 is 0 Å². The van der Waals surface area contributed by atoms with Crippen molar-refractivity contribution in [3.63, 3.8) is 0 Å². The Hall–Kier alpha value is -0.270. The van der Waals surface area contributed by atoms with E-state index in [9.17, 15) is 0 Å². The Morgan fingerprint density at radius 1 is 1.35 bits per heavy atom. The zero-order valence-corrected chi connectivity index (χ0v) is 13.4. The number of rotatable bonds is 2. The van der Waals surface area contributed by atoms with Crippen molar-refractivity contribution in [1.29, 1.82) is 0 Å². The lowest BCUT2D eigenvalue weighted by molar-refractivity contribution is 0.982. The minimum Gasteiger partial charge on any atom is -0.252 e. The molecule has 0 radical (unpaired) electrons. The van der Waals surface area contributed by atoms with E-state index in [1.807, 2.05) is 19.1 Å². The first-order chi connectivity index (χ1) is 8.11. The number of aryl methyl sites for hydroxylation is 1. The van der Waals surface area contributed by atoms with Gasteiger partial charge in [0.15, 0.2) is 5.82 Å². The second-order valence-electron chi connectivity index (χ2n) is 3.31. The van der Waals surface area contributed by atoms with Crippen molar-refractivity contribution >= 4 is 50.1 Å². The molecule has 0 aromatic carbocycles. The van der Waals surface area contributed by atoms with Gasteiger partial charge in [-0.1, -0.05) is 18.5 Å². The van der Waals surface area contributed by atoms with E-state index in [4.69, 9.17) is 11.6 Å². The van der Waals surface area contributed by atoms with Crippen LogP contribution in [0.3, 0.4) is 0 Å². The third kappa shape index (κ3) is 2.95. The molecule has 2 rings (SSSR count). The fraction of sp³-hybridized carbons (Fsp3) is 0.182. The molecular weight excluding hydrogens is 416 g/mol. The Morgan fingerprint density at radius 3 is 2.71 bits per heavy atom. The van der Waals surface area contributed by atoms with Gasteiger partial charge in [0.1, 0.15) is 10.8 Å². The van der Waals surface area contributed by atoms with Crippen LogP contribution in [0.15, 0.2) is 22.8 Å². The van der Waals surface area contributed by atoms with Gasteiger partial charge in [0.2, 0.25) is 0 Å². The number of aromatic nitrogens is 3. The van der Waals surface area contributed by atoms with Crippen LogP contribution in [0, 0.1) is 3.57 Å². The smallest absolute Gasteiger partial charge is 0.179 e. The highest BCUT2D eigenvalue weighted by Crippen LogP contribution is 2.23. The van der Waals surface area contributed by atoms with Crippen molar-refractivity contribution in [3.8, 4) is 11.5 Å². The van der Waals surface area contributed by atoms with E-state index in [0.29, 0.717) is 11.0 Å². The lowest BCUT2D eigenvalue weighted by Crippen LogP contribution is -2.00. The molecule has 0 saturated carbocycles. The van der Waals surface area contributed by atoms with Crippen molar-refractivity contribution < 1.29 is 0 Å². The summed E-state index contributed by atoms with van der Waals surface area (Å²) < 4.78 is 1.83. The molecule has 0 aliphatic rings. The van der Waals surface area contributed by atoms with Crippen LogP contribution in [0.2, 0.25) is 5.15 Å². The van der Waals surface area contributed by atoms with Crippen LogP contribution in [-0.2, 0) is 6.42 Å². The van der Waals surface area contributed by atoms with Gasteiger partial charge in [-0.2, -0.15) is 0 Å². The Morgan fingerprint density at radius 2 is 2.12 bits per heavy atom. The van der Waals surface area contributed by atoms with Crippen LogP contribution in [0.5, 0.6) is 0 Å². The molecule has 2 aromatic heterocycles. The first-order valence-corrected chi connectivity index (χ1v) is 7.20. The first kappa shape index (κ1) is 13.2. The summed E-state index contributed by atoms with van der Waals surface area (Å²) in [5.74, 6) is 0.569. The molecule has 3 nitrogen and oxygen atoms in total. The number of pyridine rings is 1. The van der Waals surface area contributed by atoms with Gasteiger partial charge in [-0.25, -0.2) is 9.97 Å². The minimum atomic E-state index is 0.483. The van der Waals surface area contributed by atoms with Crippen LogP contribution in [0.4, 0.5) is 0 Å². The number of hydrogen-bond donors (Lipinski definition) is 0. The highest BCUT2D eigenvalue weighted by Gasteiger charge is 2.11. The summed E-state index contributed by atoms with van der Waals surface area (Å²) in [7, 11) is 0. The molecule has 0 aliphatic carbocycles. The predicted molar refractivity (Wildman–Crippen MR) is 80.1 cm³/mol. The molecule has 0 N–H and O–H groups in total. The van der Waals surface area contributed by atoms with E-state index in [1.165, 1.54) is 0 Å². The molecule has 2 aromatic rings. The molecule has 88 valence electrons. The van der Waals surface area contributed by atoms with E-state index in [0.717, 1.165) is 25.9 Å². The van der Waals surface area contributed by atoms with Gasteiger partial charge < -0.3 is 0 Å². The molecule has 0 bridgehead atoms. The number of nitrogens with zero attached hydrogens (tertiary/aromatic N) is 3. The normalized spacial score (nSPS) is 10.6. The summed E-state index contributed by atoms with van der Waals surface area (Å²) in [5.41, 5.74) is 1.67. The Bertz CT molecular complexity index is 545. The van der Waals surface area contributed by atoms with Gasteiger partial charge in [-0.3, -0.25) is 4.98 Å². The highest BCUT2D eigenvalue weighted by molar-refractivity contribution is 14.1. The molecule has 0 amide bonds. The SMILES string of the molecule is CCc1nc(-c2ccc(Br)cn2)nc(Cl)c1I. The molecule has 0 aliphatic heterocycles. The van der Waals surface area contributed by atoms with Crippen LogP contribution >= 0.6 is 50.1 Å². The second-order valence-corrected chi connectivity index (χ2v) is 5.67. The molecule has 2 heterocycles. The maximum atomic E-state index is 6.08. The van der Waals surface area contributed by atoms with Crippen LogP contribution in [0.25, 0.3) is 11.5 Å². The summed E-state index contributed by atoms with van der Waals surface area (Å²) in [5, 5.41) is 0.483. The third-order valence-electron chi connectivity index (χ3n) is 2.17. The van der Waals surface area contributed by atoms with Gasteiger partial charge in [-0.15, -0.1) is 0 Å². The van der Waals surface area contributed by atoms with Gasteiger partial charge in [0, 0.05) is 10.7 Å². The molecular formula is C11H8BrClIN3.